The third-order valence-corrected chi connectivity index (χ3v) is 4.10. The zero-order valence-electron chi connectivity index (χ0n) is 11.7. The van der Waals surface area contributed by atoms with Crippen LogP contribution in [0.2, 0.25) is 0 Å². The van der Waals surface area contributed by atoms with Crippen molar-refractivity contribution in [3.63, 3.8) is 0 Å². The van der Waals surface area contributed by atoms with Crippen molar-refractivity contribution in [1.82, 2.24) is 4.98 Å². The molecule has 3 heteroatoms. The maximum atomic E-state index is 4.45. The first-order valence-electron chi connectivity index (χ1n) is 7.07. The molecule has 0 amide bonds. The first-order chi connectivity index (χ1) is 9.92. The van der Waals surface area contributed by atoms with Gasteiger partial charge in [0, 0.05) is 30.4 Å². The third-order valence-electron chi connectivity index (χ3n) is 4.10. The molecule has 4 rings (SSSR count). The van der Waals surface area contributed by atoms with Crippen molar-refractivity contribution < 1.29 is 0 Å². The molecular formula is C18H17ClN2. The van der Waals surface area contributed by atoms with E-state index in [9.17, 15) is 0 Å². The summed E-state index contributed by atoms with van der Waals surface area (Å²) < 4.78 is 0. The Morgan fingerprint density at radius 3 is 2.52 bits per heavy atom. The van der Waals surface area contributed by atoms with Crippen LogP contribution >= 0.6 is 12.4 Å². The molecule has 0 saturated carbocycles. The highest BCUT2D eigenvalue weighted by Gasteiger charge is 2.17. The maximum absolute atomic E-state index is 4.45. The lowest BCUT2D eigenvalue weighted by Gasteiger charge is -2.31. The number of benzene rings is 2. The minimum atomic E-state index is 0. The van der Waals surface area contributed by atoms with Crippen molar-refractivity contribution in [2.45, 2.75) is 13.0 Å². The number of nitrogens with zero attached hydrogens (tertiary/aromatic N) is 2. The average molecular weight is 297 g/mol. The van der Waals surface area contributed by atoms with Crippen molar-refractivity contribution in [1.29, 1.82) is 0 Å². The fraction of sp³-hybridized carbons (Fsp3) is 0.167. The SMILES string of the molecule is Cl.c1ccc2c(c1)CCN(c1ccnc3ccccc13)C2. The van der Waals surface area contributed by atoms with E-state index in [-0.39, 0.29) is 12.4 Å². The molecular weight excluding hydrogens is 280 g/mol. The molecule has 0 fully saturated rings. The fourth-order valence-corrected chi connectivity index (χ4v) is 3.06. The summed E-state index contributed by atoms with van der Waals surface area (Å²) >= 11 is 0. The molecule has 2 heterocycles. The number of pyridine rings is 1. The van der Waals surface area contributed by atoms with Gasteiger partial charge in [-0.05, 0) is 29.7 Å². The third kappa shape index (κ3) is 2.47. The number of fused-ring (bicyclic) bond motifs is 2. The number of hydrogen-bond acceptors (Lipinski definition) is 2. The summed E-state index contributed by atoms with van der Waals surface area (Å²) in [5, 5.41) is 1.24. The van der Waals surface area contributed by atoms with Crippen LogP contribution in [0.3, 0.4) is 0 Å². The molecule has 3 aromatic rings. The Morgan fingerprint density at radius 1 is 0.857 bits per heavy atom. The van der Waals surface area contributed by atoms with Gasteiger partial charge in [0.1, 0.15) is 0 Å². The van der Waals surface area contributed by atoms with E-state index in [4.69, 9.17) is 0 Å². The van der Waals surface area contributed by atoms with Crippen LogP contribution in [-0.2, 0) is 13.0 Å². The van der Waals surface area contributed by atoms with Gasteiger partial charge in [0.05, 0.1) is 5.52 Å². The van der Waals surface area contributed by atoms with E-state index in [1.54, 1.807) is 0 Å². The molecule has 0 aliphatic carbocycles. The van der Waals surface area contributed by atoms with Crippen molar-refractivity contribution in [3.05, 3.63) is 71.9 Å². The zero-order valence-corrected chi connectivity index (χ0v) is 12.5. The highest BCUT2D eigenvalue weighted by atomic mass is 35.5. The molecule has 0 spiro atoms. The standard InChI is InChI=1S/C18H16N2.ClH/c1-2-6-15-13-20(12-10-14(15)5-1)18-9-11-19-17-8-4-3-7-16(17)18;/h1-9,11H,10,12-13H2;1H. The molecule has 0 atom stereocenters. The summed E-state index contributed by atoms with van der Waals surface area (Å²) in [6, 6.07) is 19.3. The van der Waals surface area contributed by atoms with Gasteiger partial charge in [-0.3, -0.25) is 4.98 Å². The Hall–Kier alpha value is -2.06. The van der Waals surface area contributed by atoms with Gasteiger partial charge in [0.25, 0.3) is 0 Å². The molecule has 1 aliphatic heterocycles. The lowest BCUT2D eigenvalue weighted by molar-refractivity contribution is 0.734. The maximum Gasteiger partial charge on any atom is 0.0722 e. The van der Waals surface area contributed by atoms with Crippen LogP contribution in [0.15, 0.2) is 60.8 Å². The van der Waals surface area contributed by atoms with Crippen molar-refractivity contribution >= 4 is 29.0 Å². The van der Waals surface area contributed by atoms with Crippen LogP contribution in [0.5, 0.6) is 0 Å². The monoisotopic (exact) mass is 296 g/mol. The Balaban J connectivity index is 0.00000132. The molecule has 106 valence electrons. The molecule has 0 saturated heterocycles. The fourth-order valence-electron chi connectivity index (χ4n) is 3.06. The van der Waals surface area contributed by atoms with Crippen LogP contribution in [0, 0.1) is 0 Å². The van der Waals surface area contributed by atoms with Crippen LogP contribution in [0.4, 0.5) is 5.69 Å². The van der Waals surface area contributed by atoms with Crippen LogP contribution in [0.25, 0.3) is 10.9 Å². The number of para-hydroxylation sites is 1. The quantitative estimate of drug-likeness (QED) is 0.668. The second-order valence-corrected chi connectivity index (χ2v) is 5.29. The first-order valence-corrected chi connectivity index (χ1v) is 7.07. The van der Waals surface area contributed by atoms with Crippen LogP contribution < -0.4 is 4.90 Å². The predicted molar refractivity (Wildman–Crippen MR) is 90.2 cm³/mol. The van der Waals surface area contributed by atoms with Gasteiger partial charge in [-0.15, -0.1) is 12.4 Å². The molecule has 1 aliphatic rings. The highest BCUT2D eigenvalue weighted by Crippen LogP contribution is 2.29. The van der Waals surface area contributed by atoms with E-state index in [1.807, 2.05) is 12.3 Å². The summed E-state index contributed by atoms with van der Waals surface area (Å²) in [5.74, 6) is 0. The lowest BCUT2D eigenvalue weighted by Crippen LogP contribution is -2.30. The van der Waals surface area contributed by atoms with Crippen molar-refractivity contribution in [3.8, 4) is 0 Å². The molecule has 0 unspecified atom stereocenters. The smallest absolute Gasteiger partial charge is 0.0722 e. The second kappa shape index (κ2) is 5.74. The Labute approximate surface area is 130 Å². The summed E-state index contributed by atoms with van der Waals surface area (Å²) in [6.07, 6.45) is 3.03. The van der Waals surface area contributed by atoms with E-state index >= 15 is 0 Å². The highest BCUT2D eigenvalue weighted by molar-refractivity contribution is 5.91. The number of aromatic nitrogens is 1. The van der Waals surface area contributed by atoms with Crippen molar-refractivity contribution in [2.24, 2.45) is 0 Å². The topological polar surface area (TPSA) is 16.1 Å². The molecule has 0 bridgehead atoms. The van der Waals surface area contributed by atoms with Crippen LogP contribution in [-0.4, -0.2) is 11.5 Å². The summed E-state index contributed by atoms with van der Waals surface area (Å²) in [4.78, 5) is 6.92. The minimum Gasteiger partial charge on any atom is -0.366 e. The Bertz CT molecular complexity index is 765. The van der Waals surface area contributed by atoms with E-state index in [0.29, 0.717) is 0 Å². The molecule has 0 N–H and O–H groups in total. The van der Waals surface area contributed by atoms with E-state index in [1.165, 1.54) is 22.2 Å². The normalized spacial score (nSPS) is 13.6. The van der Waals surface area contributed by atoms with Gasteiger partial charge in [0.15, 0.2) is 0 Å². The lowest BCUT2D eigenvalue weighted by atomic mass is 9.99. The summed E-state index contributed by atoms with van der Waals surface area (Å²) in [6.45, 7) is 2.06. The van der Waals surface area contributed by atoms with Gasteiger partial charge < -0.3 is 4.90 Å². The predicted octanol–water partition coefficient (Wildman–Crippen LogP) is 4.22. The number of anilines is 1. The average Bonchev–Trinajstić information content (AvgIpc) is 2.54. The van der Waals surface area contributed by atoms with E-state index < -0.39 is 0 Å². The Kier molecular flexibility index (Phi) is 3.80. The first kappa shape index (κ1) is 13.9. The molecule has 0 radical (unpaired) electrons. The summed E-state index contributed by atoms with van der Waals surface area (Å²) in [5.41, 5.74) is 5.30. The van der Waals surface area contributed by atoms with E-state index in [2.05, 4.69) is 58.4 Å². The second-order valence-electron chi connectivity index (χ2n) is 5.29. The molecule has 2 aromatic carbocycles. The number of hydrogen-bond donors (Lipinski definition) is 0. The molecule has 1 aromatic heterocycles. The molecule has 2 nitrogen and oxygen atoms in total. The van der Waals surface area contributed by atoms with Gasteiger partial charge in [-0.25, -0.2) is 0 Å². The van der Waals surface area contributed by atoms with Gasteiger partial charge in [-0.2, -0.15) is 0 Å². The van der Waals surface area contributed by atoms with Gasteiger partial charge in [-0.1, -0.05) is 42.5 Å². The number of halogens is 1. The van der Waals surface area contributed by atoms with Crippen LogP contribution in [0.1, 0.15) is 11.1 Å². The van der Waals surface area contributed by atoms with E-state index in [0.717, 1.165) is 25.0 Å². The molecule has 21 heavy (non-hydrogen) atoms. The van der Waals surface area contributed by atoms with Gasteiger partial charge >= 0.3 is 0 Å². The summed E-state index contributed by atoms with van der Waals surface area (Å²) in [7, 11) is 0. The number of rotatable bonds is 1. The Morgan fingerprint density at radius 2 is 1.62 bits per heavy atom. The largest absolute Gasteiger partial charge is 0.366 e. The zero-order chi connectivity index (χ0) is 13.4. The van der Waals surface area contributed by atoms with Gasteiger partial charge in [0.2, 0.25) is 0 Å². The van der Waals surface area contributed by atoms with Crippen molar-refractivity contribution in [2.75, 3.05) is 11.4 Å². The minimum absolute atomic E-state index is 0.